The molecule has 0 radical (unpaired) electrons. The van der Waals surface area contributed by atoms with Gasteiger partial charge in [0.25, 0.3) is 11.8 Å². The lowest BCUT2D eigenvalue weighted by atomic mass is 10.1. The number of hydrogen-bond donors (Lipinski definition) is 2. The van der Waals surface area contributed by atoms with E-state index < -0.39 is 24.4 Å². The molecule has 1 aliphatic rings. The van der Waals surface area contributed by atoms with Gasteiger partial charge in [0.05, 0.1) is 6.04 Å². The molecule has 1 atom stereocenters. The van der Waals surface area contributed by atoms with Crippen LogP contribution >= 0.6 is 11.6 Å². The van der Waals surface area contributed by atoms with Crippen LogP contribution in [0.1, 0.15) is 28.9 Å². The van der Waals surface area contributed by atoms with Crippen LogP contribution in [0.25, 0.3) is 0 Å². The van der Waals surface area contributed by atoms with Crippen LogP contribution in [0.3, 0.4) is 0 Å². The van der Waals surface area contributed by atoms with Gasteiger partial charge in [-0.3, -0.25) is 14.4 Å². The molecule has 1 aliphatic heterocycles. The minimum Gasteiger partial charge on any atom is -0.454 e. The summed E-state index contributed by atoms with van der Waals surface area (Å²) < 4.78 is 15.3. The number of carbonyl (C=O) groups excluding carboxylic acids is 3. The largest absolute Gasteiger partial charge is 0.454 e. The molecule has 2 amide bonds. The molecule has 0 bridgehead atoms. The summed E-state index contributed by atoms with van der Waals surface area (Å²) in [7, 11) is 0. The van der Waals surface area contributed by atoms with E-state index in [1.165, 1.54) is 6.07 Å². The third-order valence-electron chi connectivity index (χ3n) is 4.14. The van der Waals surface area contributed by atoms with Crippen LogP contribution in [0.15, 0.2) is 42.5 Å². The minimum absolute atomic E-state index is 0.101. The predicted octanol–water partition coefficient (Wildman–Crippen LogP) is 2.22. The summed E-state index contributed by atoms with van der Waals surface area (Å²) in [6, 6.07) is 11.5. The molecule has 0 spiro atoms. The number of amides is 2. The number of nitrogens with one attached hydrogen (secondary N) is 2. The van der Waals surface area contributed by atoms with E-state index in [-0.39, 0.29) is 19.4 Å². The molecule has 0 aliphatic carbocycles. The molecule has 0 aromatic heterocycles. The Morgan fingerprint density at radius 1 is 1.14 bits per heavy atom. The normalized spacial score (nSPS) is 12.8. The fraction of sp³-hybridized carbons (Fsp3) is 0.250. The molecule has 29 heavy (non-hydrogen) atoms. The van der Waals surface area contributed by atoms with E-state index >= 15 is 0 Å². The van der Waals surface area contributed by atoms with Gasteiger partial charge >= 0.3 is 5.97 Å². The number of esters is 1. The standard InChI is InChI=1S/C20H19ClN2O6/c1-12(14-4-2-3-5-15(14)21)23-18(24)10-27-19(25)9-22-20(26)13-6-7-16-17(8-13)29-11-28-16/h2-8,12H,9-11H2,1H3,(H,22,26)(H,23,24)/t12-/m0/s1. The second kappa shape index (κ2) is 9.29. The number of ether oxygens (including phenoxy) is 3. The van der Waals surface area contributed by atoms with Crippen LogP contribution in [-0.2, 0) is 14.3 Å². The lowest BCUT2D eigenvalue weighted by Crippen LogP contribution is -2.34. The highest BCUT2D eigenvalue weighted by Gasteiger charge is 2.17. The highest BCUT2D eigenvalue weighted by molar-refractivity contribution is 6.31. The average molecular weight is 419 g/mol. The van der Waals surface area contributed by atoms with E-state index in [0.29, 0.717) is 22.1 Å². The summed E-state index contributed by atoms with van der Waals surface area (Å²) in [4.78, 5) is 35.9. The van der Waals surface area contributed by atoms with Gasteiger partial charge in [-0.25, -0.2) is 0 Å². The topological polar surface area (TPSA) is 103 Å². The SMILES string of the molecule is C[C@H](NC(=O)COC(=O)CNC(=O)c1ccc2c(c1)OCO2)c1ccccc1Cl. The van der Waals surface area contributed by atoms with Gasteiger partial charge in [-0.05, 0) is 36.8 Å². The maximum Gasteiger partial charge on any atom is 0.325 e. The zero-order chi connectivity index (χ0) is 20.8. The number of fused-ring (bicyclic) bond motifs is 1. The molecule has 1 heterocycles. The van der Waals surface area contributed by atoms with Gasteiger partial charge in [0, 0.05) is 10.6 Å². The Morgan fingerprint density at radius 2 is 1.90 bits per heavy atom. The van der Waals surface area contributed by atoms with Crippen molar-refractivity contribution in [2.24, 2.45) is 0 Å². The van der Waals surface area contributed by atoms with Crippen molar-refractivity contribution in [3.05, 3.63) is 58.6 Å². The Balaban J connectivity index is 1.41. The van der Waals surface area contributed by atoms with Crippen molar-refractivity contribution in [3.63, 3.8) is 0 Å². The third-order valence-corrected chi connectivity index (χ3v) is 4.49. The van der Waals surface area contributed by atoms with E-state index in [2.05, 4.69) is 10.6 Å². The van der Waals surface area contributed by atoms with Gasteiger partial charge in [0.1, 0.15) is 6.54 Å². The van der Waals surface area contributed by atoms with Gasteiger partial charge in [-0.15, -0.1) is 0 Å². The molecule has 2 aromatic rings. The molecular weight excluding hydrogens is 400 g/mol. The van der Waals surface area contributed by atoms with Crippen LogP contribution in [0.5, 0.6) is 11.5 Å². The zero-order valence-corrected chi connectivity index (χ0v) is 16.3. The van der Waals surface area contributed by atoms with Gasteiger partial charge in [0.15, 0.2) is 18.1 Å². The van der Waals surface area contributed by atoms with Crippen LogP contribution < -0.4 is 20.1 Å². The first kappa shape index (κ1) is 20.5. The number of hydrogen-bond acceptors (Lipinski definition) is 6. The van der Waals surface area contributed by atoms with Crippen LogP contribution in [0, 0.1) is 0 Å². The number of benzene rings is 2. The van der Waals surface area contributed by atoms with Crippen molar-refractivity contribution in [2.45, 2.75) is 13.0 Å². The van der Waals surface area contributed by atoms with Crippen LogP contribution in [0.2, 0.25) is 5.02 Å². The first-order valence-electron chi connectivity index (χ1n) is 8.81. The van der Waals surface area contributed by atoms with Gasteiger partial charge < -0.3 is 24.8 Å². The molecule has 152 valence electrons. The highest BCUT2D eigenvalue weighted by atomic mass is 35.5. The molecule has 0 unspecified atom stereocenters. The Labute approximate surface area is 172 Å². The van der Waals surface area contributed by atoms with Crippen LogP contribution in [0.4, 0.5) is 0 Å². The second-order valence-corrected chi connectivity index (χ2v) is 6.63. The Kier molecular flexibility index (Phi) is 6.56. The summed E-state index contributed by atoms with van der Waals surface area (Å²) in [5.74, 6) is -0.674. The minimum atomic E-state index is -0.736. The average Bonchev–Trinajstić information content (AvgIpc) is 3.18. The van der Waals surface area contributed by atoms with Gasteiger partial charge in [-0.1, -0.05) is 29.8 Å². The zero-order valence-electron chi connectivity index (χ0n) is 15.6. The first-order chi connectivity index (χ1) is 13.9. The fourth-order valence-electron chi connectivity index (χ4n) is 2.68. The van der Waals surface area contributed by atoms with Gasteiger partial charge in [0.2, 0.25) is 6.79 Å². The van der Waals surface area contributed by atoms with Crippen molar-refractivity contribution >= 4 is 29.4 Å². The molecule has 8 nitrogen and oxygen atoms in total. The van der Waals surface area contributed by atoms with Crippen molar-refractivity contribution in [2.75, 3.05) is 19.9 Å². The summed E-state index contributed by atoms with van der Waals surface area (Å²) in [6.07, 6.45) is 0. The molecule has 2 N–H and O–H groups in total. The quantitative estimate of drug-likeness (QED) is 0.668. The molecule has 3 rings (SSSR count). The number of halogens is 1. The molecule has 2 aromatic carbocycles. The lowest BCUT2D eigenvalue weighted by Gasteiger charge is -2.15. The van der Waals surface area contributed by atoms with Crippen molar-refractivity contribution in [1.82, 2.24) is 10.6 Å². The van der Waals surface area contributed by atoms with Crippen molar-refractivity contribution in [3.8, 4) is 11.5 Å². The Morgan fingerprint density at radius 3 is 2.69 bits per heavy atom. The highest BCUT2D eigenvalue weighted by Crippen LogP contribution is 2.32. The van der Waals surface area contributed by atoms with E-state index in [9.17, 15) is 14.4 Å². The third kappa shape index (κ3) is 5.39. The van der Waals surface area contributed by atoms with Crippen molar-refractivity contribution in [1.29, 1.82) is 0 Å². The lowest BCUT2D eigenvalue weighted by molar-refractivity contribution is -0.147. The first-order valence-corrected chi connectivity index (χ1v) is 9.19. The Hall–Kier alpha value is -3.26. The van der Waals surface area contributed by atoms with E-state index in [0.717, 1.165) is 5.56 Å². The maximum absolute atomic E-state index is 12.1. The fourth-order valence-corrected chi connectivity index (χ4v) is 2.98. The second-order valence-electron chi connectivity index (χ2n) is 6.22. The number of carbonyl (C=O) groups is 3. The van der Waals surface area contributed by atoms with Crippen molar-refractivity contribution < 1.29 is 28.6 Å². The van der Waals surface area contributed by atoms with E-state index in [1.54, 1.807) is 37.3 Å². The predicted molar refractivity (Wildman–Crippen MR) is 104 cm³/mol. The Bertz CT molecular complexity index is 933. The monoisotopic (exact) mass is 418 g/mol. The van der Waals surface area contributed by atoms with Crippen LogP contribution in [-0.4, -0.2) is 37.7 Å². The van der Waals surface area contributed by atoms with E-state index in [4.69, 9.17) is 25.8 Å². The summed E-state index contributed by atoms with van der Waals surface area (Å²) in [5.41, 5.74) is 1.07. The molecule has 9 heteroatoms. The smallest absolute Gasteiger partial charge is 0.325 e. The summed E-state index contributed by atoms with van der Waals surface area (Å²) >= 11 is 6.09. The molecular formula is C20H19ClN2O6. The van der Waals surface area contributed by atoms with E-state index in [1.807, 2.05) is 6.07 Å². The van der Waals surface area contributed by atoms with Gasteiger partial charge in [-0.2, -0.15) is 0 Å². The summed E-state index contributed by atoms with van der Waals surface area (Å²) in [6.45, 7) is 1.03. The molecule has 0 saturated heterocycles. The number of rotatable bonds is 7. The summed E-state index contributed by atoms with van der Waals surface area (Å²) in [5, 5.41) is 5.65. The maximum atomic E-state index is 12.1. The molecule has 0 fully saturated rings. The molecule has 0 saturated carbocycles.